The summed E-state index contributed by atoms with van der Waals surface area (Å²) in [7, 11) is 0. The van der Waals surface area contributed by atoms with Crippen molar-refractivity contribution in [3.8, 4) is 11.1 Å². The summed E-state index contributed by atoms with van der Waals surface area (Å²) in [4.78, 5) is 0. The third-order valence-corrected chi connectivity index (χ3v) is 2.50. The van der Waals surface area contributed by atoms with E-state index in [-0.39, 0.29) is 0 Å². The molecule has 0 radical (unpaired) electrons. The van der Waals surface area contributed by atoms with Crippen molar-refractivity contribution >= 4 is 6.08 Å². The van der Waals surface area contributed by atoms with Crippen LogP contribution >= 0.6 is 0 Å². The van der Waals surface area contributed by atoms with Gasteiger partial charge in [-0.1, -0.05) is 66.7 Å². The lowest BCUT2D eigenvalue weighted by atomic mass is 10.0. The van der Waals surface area contributed by atoms with Gasteiger partial charge >= 0.3 is 0 Å². The number of benzene rings is 2. The van der Waals surface area contributed by atoms with E-state index in [0.29, 0.717) is 0 Å². The lowest BCUT2D eigenvalue weighted by molar-refractivity contribution is 1.47. The molecule has 74 valence electrons. The minimum atomic E-state index is 1.16. The molecule has 0 spiro atoms. The lowest BCUT2D eigenvalue weighted by Gasteiger charge is -2.03. The van der Waals surface area contributed by atoms with Crippen LogP contribution in [0.1, 0.15) is 11.1 Å². The van der Waals surface area contributed by atoms with Gasteiger partial charge in [-0.15, -0.1) is 0 Å². The summed E-state index contributed by atoms with van der Waals surface area (Å²) in [6.07, 6.45) is 1.86. The molecule has 2 rings (SSSR count). The van der Waals surface area contributed by atoms with E-state index in [9.17, 15) is 0 Å². The second-order valence-corrected chi connectivity index (χ2v) is 3.70. The highest BCUT2D eigenvalue weighted by molar-refractivity contribution is 5.66. The van der Waals surface area contributed by atoms with Crippen molar-refractivity contribution in [2.45, 2.75) is 6.92 Å². The predicted octanol–water partition coefficient (Wildman–Crippen LogP) is 4.31. The van der Waals surface area contributed by atoms with Crippen LogP contribution in [0.3, 0.4) is 0 Å². The van der Waals surface area contributed by atoms with Gasteiger partial charge in [-0.05, 0) is 23.6 Å². The van der Waals surface area contributed by atoms with Crippen LogP contribution in [0.25, 0.3) is 17.2 Å². The van der Waals surface area contributed by atoms with Gasteiger partial charge in [-0.2, -0.15) is 0 Å². The zero-order valence-corrected chi connectivity index (χ0v) is 8.90. The van der Waals surface area contributed by atoms with Gasteiger partial charge in [0.05, 0.1) is 0 Å². The summed E-state index contributed by atoms with van der Waals surface area (Å²) in [5, 5.41) is 0. The molecule has 0 aliphatic rings. The van der Waals surface area contributed by atoms with Crippen LogP contribution < -0.4 is 0 Å². The Morgan fingerprint density at radius 2 is 1.67 bits per heavy atom. The normalized spacial score (nSPS) is 9.93. The van der Waals surface area contributed by atoms with Crippen LogP contribution in [0.2, 0.25) is 0 Å². The molecule has 0 aliphatic carbocycles. The molecule has 0 fully saturated rings. The lowest BCUT2D eigenvalue weighted by Crippen LogP contribution is -1.79. The first-order valence-electron chi connectivity index (χ1n) is 5.09. The molecule has 0 amide bonds. The molecule has 0 heterocycles. The molecule has 2 aromatic carbocycles. The van der Waals surface area contributed by atoms with Crippen LogP contribution in [0, 0.1) is 6.92 Å². The molecule has 0 saturated carbocycles. The number of hydrogen-bond donors (Lipinski definition) is 0. The molecular formula is C15H14. The molecule has 0 N–H and O–H groups in total. The van der Waals surface area contributed by atoms with Crippen molar-refractivity contribution in [1.82, 2.24) is 0 Å². The average molecular weight is 194 g/mol. The Balaban J connectivity index is 2.41. The second kappa shape index (κ2) is 4.14. The Labute approximate surface area is 90.9 Å². The average Bonchev–Trinajstić information content (AvgIpc) is 2.29. The van der Waals surface area contributed by atoms with Gasteiger partial charge < -0.3 is 0 Å². The Hall–Kier alpha value is -1.82. The summed E-state index contributed by atoms with van der Waals surface area (Å²) in [6.45, 7) is 5.86. The zero-order valence-electron chi connectivity index (χ0n) is 8.90. The van der Waals surface area contributed by atoms with Crippen molar-refractivity contribution in [2.24, 2.45) is 0 Å². The molecule has 0 nitrogen and oxygen atoms in total. The van der Waals surface area contributed by atoms with Crippen molar-refractivity contribution in [1.29, 1.82) is 0 Å². The van der Waals surface area contributed by atoms with Crippen molar-refractivity contribution in [3.63, 3.8) is 0 Å². The van der Waals surface area contributed by atoms with Crippen molar-refractivity contribution < 1.29 is 0 Å². The molecule has 0 heteroatoms. The first-order chi connectivity index (χ1) is 7.29. The molecule has 15 heavy (non-hydrogen) atoms. The minimum Gasteiger partial charge on any atom is -0.0985 e. The summed E-state index contributed by atoms with van der Waals surface area (Å²) in [5.41, 5.74) is 4.97. The predicted molar refractivity (Wildman–Crippen MR) is 66.7 cm³/mol. The standard InChI is InChI=1S/C15H14/c1-3-13-7-9-14(10-8-13)15-6-4-5-12(2)11-15/h3-11H,1H2,2H3. The van der Waals surface area contributed by atoms with Gasteiger partial charge in [0.25, 0.3) is 0 Å². The number of hydrogen-bond acceptors (Lipinski definition) is 0. The smallest absolute Gasteiger partial charge is 0.0181 e. The first-order valence-corrected chi connectivity index (χ1v) is 5.09. The highest BCUT2D eigenvalue weighted by atomic mass is 14.0. The van der Waals surface area contributed by atoms with E-state index in [1.807, 2.05) is 6.08 Å². The highest BCUT2D eigenvalue weighted by Crippen LogP contribution is 2.20. The first kappa shape index (κ1) is 9.72. The van der Waals surface area contributed by atoms with Gasteiger partial charge in [0.2, 0.25) is 0 Å². The van der Waals surface area contributed by atoms with E-state index in [0.717, 1.165) is 5.56 Å². The van der Waals surface area contributed by atoms with Gasteiger partial charge in [0, 0.05) is 0 Å². The fourth-order valence-electron chi connectivity index (χ4n) is 1.64. The molecule has 2 aromatic rings. The van der Waals surface area contributed by atoms with Crippen LogP contribution in [0.5, 0.6) is 0 Å². The second-order valence-electron chi connectivity index (χ2n) is 3.70. The third kappa shape index (κ3) is 2.16. The maximum absolute atomic E-state index is 3.75. The molecular weight excluding hydrogens is 180 g/mol. The zero-order chi connectivity index (χ0) is 10.7. The Morgan fingerprint density at radius 3 is 2.27 bits per heavy atom. The fraction of sp³-hybridized carbons (Fsp3) is 0.0667. The van der Waals surface area contributed by atoms with E-state index < -0.39 is 0 Å². The SMILES string of the molecule is C=Cc1ccc(-c2cccc(C)c2)cc1. The highest BCUT2D eigenvalue weighted by Gasteiger charge is 1.96. The van der Waals surface area contributed by atoms with Crippen LogP contribution in [-0.2, 0) is 0 Å². The van der Waals surface area contributed by atoms with Crippen LogP contribution in [0.15, 0.2) is 55.1 Å². The molecule has 0 saturated heterocycles. The largest absolute Gasteiger partial charge is 0.0985 e. The molecule has 0 aromatic heterocycles. The van der Waals surface area contributed by atoms with Crippen LogP contribution in [0.4, 0.5) is 0 Å². The van der Waals surface area contributed by atoms with E-state index in [1.54, 1.807) is 0 Å². The maximum Gasteiger partial charge on any atom is -0.0181 e. The van der Waals surface area contributed by atoms with Gasteiger partial charge in [-0.25, -0.2) is 0 Å². The van der Waals surface area contributed by atoms with E-state index in [1.165, 1.54) is 16.7 Å². The van der Waals surface area contributed by atoms with Gasteiger partial charge in [0.1, 0.15) is 0 Å². The quantitative estimate of drug-likeness (QED) is 0.668. The van der Waals surface area contributed by atoms with Crippen molar-refractivity contribution in [2.75, 3.05) is 0 Å². The number of aryl methyl sites for hydroxylation is 1. The summed E-state index contributed by atoms with van der Waals surface area (Å²) in [6, 6.07) is 17.0. The van der Waals surface area contributed by atoms with E-state index >= 15 is 0 Å². The van der Waals surface area contributed by atoms with E-state index in [2.05, 4.69) is 62.0 Å². The number of rotatable bonds is 2. The fourth-order valence-corrected chi connectivity index (χ4v) is 1.64. The van der Waals surface area contributed by atoms with Crippen LogP contribution in [-0.4, -0.2) is 0 Å². The summed E-state index contributed by atoms with van der Waals surface area (Å²) >= 11 is 0. The molecule has 0 bridgehead atoms. The van der Waals surface area contributed by atoms with Gasteiger partial charge in [0.15, 0.2) is 0 Å². The molecule has 0 atom stereocenters. The van der Waals surface area contributed by atoms with Gasteiger partial charge in [-0.3, -0.25) is 0 Å². The monoisotopic (exact) mass is 194 g/mol. The third-order valence-electron chi connectivity index (χ3n) is 2.50. The Kier molecular flexibility index (Phi) is 2.68. The van der Waals surface area contributed by atoms with Crippen molar-refractivity contribution in [3.05, 3.63) is 66.2 Å². The topological polar surface area (TPSA) is 0 Å². The Bertz CT molecular complexity index is 464. The van der Waals surface area contributed by atoms with E-state index in [4.69, 9.17) is 0 Å². The summed E-state index contributed by atoms with van der Waals surface area (Å²) < 4.78 is 0. The maximum atomic E-state index is 3.75. The Morgan fingerprint density at radius 1 is 0.933 bits per heavy atom. The molecule has 0 unspecified atom stereocenters. The minimum absolute atomic E-state index is 1.16. The summed E-state index contributed by atoms with van der Waals surface area (Å²) in [5.74, 6) is 0. The molecule has 0 aliphatic heterocycles.